The second kappa shape index (κ2) is 5.65. The Morgan fingerprint density at radius 1 is 1.30 bits per heavy atom. The fourth-order valence-corrected chi connectivity index (χ4v) is 4.03. The zero-order chi connectivity index (χ0) is 14.9. The number of nitrogens with two attached hydrogens (primary N) is 1. The van der Waals surface area contributed by atoms with E-state index in [1.54, 1.807) is 31.2 Å². The summed E-state index contributed by atoms with van der Waals surface area (Å²) in [5.41, 5.74) is 6.26. The molecule has 0 aliphatic rings. The quantitative estimate of drug-likeness (QED) is 0.926. The third-order valence-corrected chi connectivity index (χ3v) is 6.20. The summed E-state index contributed by atoms with van der Waals surface area (Å²) >= 11 is 6.67. The summed E-state index contributed by atoms with van der Waals surface area (Å²) in [6, 6.07) is 6.65. The molecule has 1 unspecified atom stereocenters. The van der Waals surface area contributed by atoms with Crippen molar-refractivity contribution < 1.29 is 8.42 Å². The lowest BCUT2D eigenvalue weighted by Gasteiger charge is -2.23. The molecule has 20 heavy (non-hydrogen) atoms. The van der Waals surface area contributed by atoms with Crippen molar-refractivity contribution in [3.63, 3.8) is 0 Å². The average Bonchev–Trinajstić information content (AvgIpc) is 2.85. The molecule has 0 fully saturated rings. The van der Waals surface area contributed by atoms with E-state index in [9.17, 15) is 8.42 Å². The van der Waals surface area contributed by atoms with Crippen molar-refractivity contribution in [2.75, 3.05) is 12.8 Å². The molecule has 2 aromatic rings. The molecule has 1 aromatic carbocycles. The second-order valence-electron chi connectivity index (χ2n) is 4.15. The number of sulfonamides is 1. The van der Waals surface area contributed by atoms with Gasteiger partial charge < -0.3 is 5.73 Å². The van der Waals surface area contributed by atoms with Crippen LogP contribution >= 0.6 is 22.9 Å². The van der Waals surface area contributed by atoms with Crippen molar-refractivity contribution in [3.05, 3.63) is 34.9 Å². The van der Waals surface area contributed by atoms with Crippen LogP contribution in [-0.2, 0) is 10.0 Å². The number of hydrogen-bond acceptors (Lipinski definition) is 6. The number of hydrogen-bond donors (Lipinski definition) is 1. The topological polar surface area (TPSA) is 89.2 Å². The second-order valence-corrected chi connectivity index (χ2v) is 7.77. The lowest BCUT2D eigenvalue weighted by molar-refractivity contribution is 0.397. The van der Waals surface area contributed by atoms with Crippen LogP contribution in [0.5, 0.6) is 0 Å². The molecule has 0 bridgehead atoms. The first kappa shape index (κ1) is 15.2. The molecule has 108 valence electrons. The average molecular weight is 333 g/mol. The van der Waals surface area contributed by atoms with E-state index >= 15 is 0 Å². The first-order valence-electron chi connectivity index (χ1n) is 5.65. The minimum absolute atomic E-state index is 0.113. The van der Waals surface area contributed by atoms with Crippen molar-refractivity contribution in [2.24, 2.45) is 0 Å². The van der Waals surface area contributed by atoms with Crippen LogP contribution in [0.1, 0.15) is 18.5 Å². The molecule has 0 aliphatic heterocycles. The minimum Gasteiger partial charge on any atom is -0.374 e. The molecule has 6 nitrogen and oxygen atoms in total. The van der Waals surface area contributed by atoms with Crippen LogP contribution in [-0.4, -0.2) is 30.0 Å². The number of anilines is 1. The van der Waals surface area contributed by atoms with Crippen LogP contribution in [0.2, 0.25) is 5.02 Å². The monoisotopic (exact) mass is 332 g/mol. The molecule has 0 aliphatic carbocycles. The normalized spacial score (nSPS) is 13.6. The largest absolute Gasteiger partial charge is 0.374 e. The Labute approximate surface area is 126 Å². The molecule has 0 amide bonds. The molecule has 2 rings (SSSR count). The minimum atomic E-state index is -3.71. The summed E-state index contributed by atoms with van der Waals surface area (Å²) in [4.78, 5) is 0. The summed E-state index contributed by atoms with van der Waals surface area (Å²) in [6.45, 7) is 1.78. The maximum Gasteiger partial charge on any atom is 0.272 e. The molecule has 0 saturated heterocycles. The van der Waals surface area contributed by atoms with Gasteiger partial charge in [-0.05, 0) is 24.6 Å². The van der Waals surface area contributed by atoms with Gasteiger partial charge in [-0.1, -0.05) is 35.1 Å². The summed E-state index contributed by atoms with van der Waals surface area (Å²) in [5.74, 6) is 0. The van der Waals surface area contributed by atoms with E-state index in [1.165, 1.54) is 11.4 Å². The molecule has 1 atom stereocenters. The smallest absolute Gasteiger partial charge is 0.272 e. The van der Waals surface area contributed by atoms with Crippen LogP contribution in [0.25, 0.3) is 0 Å². The number of rotatable bonds is 4. The van der Waals surface area contributed by atoms with Gasteiger partial charge in [0.1, 0.15) is 0 Å². The van der Waals surface area contributed by atoms with Crippen molar-refractivity contribution in [3.8, 4) is 0 Å². The summed E-state index contributed by atoms with van der Waals surface area (Å²) in [7, 11) is -2.22. The van der Waals surface area contributed by atoms with Crippen molar-refractivity contribution in [1.29, 1.82) is 0 Å². The van der Waals surface area contributed by atoms with Gasteiger partial charge in [-0.3, -0.25) is 0 Å². The molecule has 0 radical (unpaired) electrons. The summed E-state index contributed by atoms with van der Waals surface area (Å²) in [5, 5.41) is 7.85. The maximum atomic E-state index is 12.4. The lowest BCUT2D eigenvalue weighted by Crippen LogP contribution is -2.29. The Kier molecular flexibility index (Phi) is 4.28. The van der Waals surface area contributed by atoms with E-state index in [2.05, 4.69) is 10.2 Å². The van der Waals surface area contributed by atoms with Gasteiger partial charge in [0.05, 0.1) is 0 Å². The molecule has 1 aromatic heterocycles. The fourth-order valence-electron chi connectivity index (χ4n) is 1.61. The van der Waals surface area contributed by atoms with E-state index in [-0.39, 0.29) is 15.5 Å². The highest BCUT2D eigenvalue weighted by Gasteiger charge is 2.29. The van der Waals surface area contributed by atoms with Crippen molar-refractivity contribution in [2.45, 2.75) is 17.3 Å². The van der Waals surface area contributed by atoms with Crippen molar-refractivity contribution in [1.82, 2.24) is 14.5 Å². The summed E-state index contributed by atoms with van der Waals surface area (Å²) in [6.07, 6.45) is 0. The first-order valence-corrected chi connectivity index (χ1v) is 8.28. The first-order chi connectivity index (χ1) is 9.32. The van der Waals surface area contributed by atoms with Crippen LogP contribution in [0.4, 0.5) is 5.13 Å². The highest BCUT2D eigenvalue weighted by molar-refractivity contribution is 7.91. The van der Waals surface area contributed by atoms with Gasteiger partial charge in [0.2, 0.25) is 9.47 Å². The van der Waals surface area contributed by atoms with Gasteiger partial charge in [-0.2, -0.15) is 4.31 Å². The fraction of sp³-hybridized carbons (Fsp3) is 0.273. The van der Waals surface area contributed by atoms with Crippen LogP contribution < -0.4 is 5.73 Å². The predicted octanol–water partition coefficient (Wildman–Crippen LogP) is 2.16. The maximum absolute atomic E-state index is 12.4. The molecule has 2 N–H and O–H groups in total. The van der Waals surface area contributed by atoms with Gasteiger partial charge in [0.25, 0.3) is 10.0 Å². The zero-order valence-corrected chi connectivity index (χ0v) is 13.2. The molecule has 0 saturated carbocycles. The highest BCUT2D eigenvalue weighted by atomic mass is 35.5. The Balaban J connectivity index is 2.30. The Bertz CT molecular complexity index is 699. The van der Waals surface area contributed by atoms with Gasteiger partial charge in [-0.25, -0.2) is 8.42 Å². The molecule has 9 heteroatoms. The van der Waals surface area contributed by atoms with E-state index in [4.69, 9.17) is 17.3 Å². The van der Waals surface area contributed by atoms with Crippen LogP contribution in [0, 0.1) is 0 Å². The highest BCUT2D eigenvalue weighted by Crippen LogP contribution is 2.28. The van der Waals surface area contributed by atoms with E-state index in [0.29, 0.717) is 5.02 Å². The van der Waals surface area contributed by atoms with Gasteiger partial charge in [0.15, 0.2) is 0 Å². The molecule has 0 spiro atoms. The Morgan fingerprint density at radius 2 is 1.90 bits per heavy atom. The van der Waals surface area contributed by atoms with E-state index in [0.717, 1.165) is 16.9 Å². The number of nitrogens with zero attached hydrogens (tertiary/aromatic N) is 3. The van der Waals surface area contributed by atoms with Gasteiger partial charge in [0, 0.05) is 18.1 Å². The van der Waals surface area contributed by atoms with Crippen molar-refractivity contribution >= 4 is 38.1 Å². The number of nitrogen functional groups attached to an aromatic ring is 1. The number of benzene rings is 1. The third-order valence-electron chi connectivity index (χ3n) is 2.92. The van der Waals surface area contributed by atoms with E-state index < -0.39 is 10.0 Å². The van der Waals surface area contributed by atoms with Crippen LogP contribution in [0.15, 0.2) is 28.6 Å². The predicted molar refractivity (Wildman–Crippen MR) is 79.1 cm³/mol. The SMILES string of the molecule is CC(c1ccc(Cl)cc1)N(C)S(=O)(=O)c1nnc(N)s1. The standard InChI is InChI=1S/C11H13ClN4O2S2/c1-7(8-3-5-9(12)6-4-8)16(2)20(17,18)11-15-14-10(13)19-11/h3-7H,1-2H3,(H2,13,14). The molecule has 1 heterocycles. The Morgan fingerprint density at radius 3 is 2.40 bits per heavy atom. The van der Waals surface area contributed by atoms with Gasteiger partial charge >= 0.3 is 0 Å². The zero-order valence-electron chi connectivity index (χ0n) is 10.8. The van der Waals surface area contributed by atoms with Gasteiger partial charge in [-0.15, -0.1) is 10.2 Å². The Hall–Kier alpha value is -1.22. The number of aromatic nitrogens is 2. The molecular formula is C11H13ClN4O2S2. The number of halogens is 1. The summed E-state index contributed by atoms with van der Waals surface area (Å²) < 4.78 is 25.9. The van der Waals surface area contributed by atoms with Crippen LogP contribution in [0.3, 0.4) is 0 Å². The molecular weight excluding hydrogens is 320 g/mol. The lowest BCUT2D eigenvalue weighted by atomic mass is 10.1. The third kappa shape index (κ3) is 2.93. The van der Waals surface area contributed by atoms with E-state index in [1.807, 2.05) is 0 Å².